The van der Waals surface area contributed by atoms with Gasteiger partial charge in [0.05, 0.1) is 5.69 Å². The number of hydrogen-bond donors (Lipinski definition) is 2. The lowest BCUT2D eigenvalue weighted by atomic mass is 10.2. The third-order valence-corrected chi connectivity index (χ3v) is 4.35. The summed E-state index contributed by atoms with van der Waals surface area (Å²) in [6.45, 7) is 0.334. The van der Waals surface area contributed by atoms with Gasteiger partial charge in [0.25, 0.3) is 5.91 Å². The molecule has 0 spiro atoms. The molecule has 0 saturated carbocycles. The normalized spacial score (nSPS) is 10.5. The van der Waals surface area contributed by atoms with E-state index in [0.29, 0.717) is 23.6 Å². The minimum Gasteiger partial charge on any atom is -0.352 e. The Kier molecular flexibility index (Phi) is 6.45. The first-order valence-electron chi connectivity index (χ1n) is 8.79. The smallest absolute Gasteiger partial charge is 0.251 e. The molecule has 7 heteroatoms. The molecular formula is C21H19ClFN3O2. The van der Waals surface area contributed by atoms with Crippen molar-refractivity contribution in [2.45, 2.75) is 12.8 Å². The van der Waals surface area contributed by atoms with Crippen LogP contribution in [0.25, 0.3) is 5.69 Å². The predicted molar refractivity (Wildman–Crippen MR) is 107 cm³/mol. The monoisotopic (exact) mass is 399 g/mol. The van der Waals surface area contributed by atoms with Crippen molar-refractivity contribution in [3.8, 4) is 5.69 Å². The van der Waals surface area contributed by atoms with Gasteiger partial charge in [-0.15, -0.1) is 0 Å². The summed E-state index contributed by atoms with van der Waals surface area (Å²) in [6.07, 6.45) is 4.27. The number of carbonyl (C=O) groups excluding carboxylic acids is 2. The highest BCUT2D eigenvalue weighted by atomic mass is 35.5. The average molecular weight is 400 g/mol. The molecule has 0 aliphatic rings. The number of hydrogen-bond acceptors (Lipinski definition) is 2. The van der Waals surface area contributed by atoms with E-state index in [2.05, 4.69) is 10.6 Å². The van der Waals surface area contributed by atoms with Crippen LogP contribution >= 0.6 is 11.6 Å². The maximum Gasteiger partial charge on any atom is 0.251 e. The van der Waals surface area contributed by atoms with E-state index in [0.717, 1.165) is 5.69 Å². The zero-order valence-corrected chi connectivity index (χ0v) is 15.7. The number of amides is 2. The molecule has 3 aromatic rings. The van der Waals surface area contributed by atoms with Crippen LogP contribution in [0.15, 0.2) is 67.0 Å². The summed E-state index contributed by atoms with van der Waals surface area (Å²) >= 11 is 5.79. The molecule has 1 heterocycles. The molecule has 0 atom stereocenters. The van der Waals surface area contributed by atoms with Crippen LogP contribution in [-0.4, -0.2) is 22.9 Å². The van der Waals surface area contributed by atoms with E-state index in [9.17, 15) is 14.0 Å². The van der Waals surface area contributed by atoms with Crippen LogP contribution in [0.4, 0.5) is 10.1 Å². The molecular weight excluding hydrogens is 381 g/mol. The van der Waals surface area contributed by atoms with Crippen molar-refractivity contribution in [2.75, 3.05) is 11.9 Å². The van der Waals surface area contributed by atoms with Crippen LogP contribution in [0, 0.1) is 5.82 Å². The van der Waals surface area contributed by atoms with E-state index in [4.69, 9.17) is 11.6 Å². The van der Waals surface area contributed by atoms with E-state index >= 15 is 0 Å². The first kappa shape index (κ1) is 19.6. The van der Waals surface area contributed by atoms with Crippen molar-refractivity contribution in [2.24, 2.45) is 0 Å². The van der Waals surface area contributed by atoms with Gasteiger partial charge in [-0.05, 0) is 61.0 Å². The van der Waals surface area contributed by atoms with Gasteiger partial charge in [0.2, 0.25) is 5.91 Å². The van der Waals surface area contributed by atoms with Gasteiger partial charge in [0.1, 0.15) is 5.82 Å². The molecule has 0 saturated heterocycles. The Morgan fingerprint density at radius 1 is 1.04 bits per heavy atom. The van der Waals surface area contributed by atoms with Crippen molar-refractivity contribution >= 4 is 29.1 Å². The second kappa shape index (κ2) is 9.19. The average Bonchev–Trinajstić information content (AvgIpc) is 3.22. The molecule has 0 radical (unpaired) electrons. The van der Waals surface area contributed by atoms with Crippen LogP contribution < -0.4 is 10.6 Å². The summed E-state index contributed by atoms with van der Waals surface area (Å²) in [7, 11) is 0. The van der Waals surface area contributed by atoms with Crippen molar-refractivity contribution in [3.63, 3.8) is 0 Å². The highest BCUT2D eigenvalue weighted by Crippen LogP contribution is 2.19. The minimum absolute atomic E-state index is 0.126. The molecule has 3 rings (SSSR count). The van der Waals surface area contributed by atoms with Crippen LogP contribution in [-0.2, 0) is 4.79 Å². The number of nitrogens with one attached hydrogen (secondary N) is 2. The summed E-state index contributed by atoms with van der Waals surface area (Å²) in [4.78, 5) is 24.1. The molecule has 0 fully saturated rings. The number of aromatic nitrogens is 1. The van der Waals surface area contributed by atoms with Gasteiger partial charge in [-0.25, -0.2) is 4.39 Å². The molecule has 5 nitrogen and oxygen atoms in total. The standard InChI is InChI=1S/C21H19ClFN3O2/c22-16-7-5-15(6-8-16)21(28)24-11-3-4-20(27)25-19-14-17(9-10-18(19)23)26-12-1-2-13-26/h1-2,5-10,12-14H,3-4,11H2,(H,24,28)(H,25,27). The van der Waals surface area contributed by atoms with E-state index in [1.165, 1.54) is 6.07 Å². The number of benzene rings is 2. The fourth-order valence-corrected chi connectivity index (χ4v) is 2.77. The second-order valence-electron chi connectivity index (χ2n) is 6.17. The number of nitrogens with zero attached hydrogens (tertiary/aromatic N) is 1. The summed E-state index contributed by atoms with van der Waals surface area (Å²) < 4.78 is 15.8. The largest absolute Gasteiger partial charge is 0.352 e. The maximum atomic E-state index is 14.0. The highest BCUT2D eigenvalue weighted by Gasteiger charge is 2.10. The van der Waals surface area contributed by atoms with Crippen LogP contribution in [0.5, 0.6) is 0 Å². The predicted octanol–water partition coefficient (Wildman–Crippen LogP) is 4.42. The van der Waals surface area contributed by atoms with Gasteiger partial charge >= 0.3 is 0 Å². The highest BCUT2D eigenvalue weighted by molar-refractivity contribution is 6.30. The van der Waals surface area contributed by atoms with Crippen molar-refractivity contribution in [1.82, 2.24) is 9.88 Å². The van der Waals surface area contributed by atoms with Gasteiger partial charge < -0.3 is 15.2 Å². The van der Waals surface area contributed by atoms with Gasteiger partial charge in [0.15, 0.2) is 0 Å². The molecule has 2 amide bonds. The van der Waals surface area contributed by atoms with E-state index in [1.54, 1.807) is 36.4 Å². The molecule has 2 N–H and O–H groups in total. The zero-order valence-electron chi connectivity index (χ0n) is 15.0. The quantitative estimate of drug-likeness (QED) is 0.578. The van der Waals surface area contributed by atoms with E-state index < -0.39 is 5.82 Å². The molecule has 1 aromatic heterocycles. The number of carbonyl (C=O) groups is 2. The topological polar surface area (TPSA) is 63.1 Å². The van der Waals surface area contributed by atoms with E-state index in [1.807, 2.05) is 29.1 Å². The summed E-state index contributed by atoms with van der Waals surface area (Å²) in [6, 6.07) is 14.8. The minimum atomic E-state index is -0.500. The van der Waals surface area contributed by atoms with Gasteiger partial charge in [-0.3, -0.25) is 9.59 Å². The van der Waals surface area contributed by atoms with Crippen LogP contribution in [0.3, 0.4) is 0 Å². The fourth-order valence-electron chi connectivity index (χ4n) is 2.64. The van der Waals surface area contributed by atoms with Gasteiger partial charge in [0, 0.05) is 41.6 Å². The lowest BCUT2D eigenvalue weighted by Crippen LogP contribution is -2.25. The Labute approximate surface area is 167 Å². The Morgan fingerprint density at radius 2 is 1.75 bits per heavy atom. The van der Waals surface area contributed by atoms with Crippen LogP contribution in [0.1, 0.15) is 23.2 Å². The number of anilines is 1. The summed E-state index contributed by atoms with van der Waals surface area (Å²) in [5.41, 5.74) is 1.37. The Hall–Kier alpha value is -3.12. The number of halogens is 2. The van der Waals surface area contributed by atoms with Crippen molar-refractivity contribution in [3.05, 3.63) is 83.4 Å². The fraction of sp³-hybridized carbons (Fsp3) is 0.143. The maximum absolute atomic E-state index is 14.0. The van der Waals surface area contributed by atoms with Gasteiger partial charge in [-0.2, -0.15) is 0 Å². The lowest BCUT2D eigenvalue weighted by molar-refractivity contribution is -0.116. The Bertz CT molecular complexity index is 956. The second-order valence-corrected chi connectivity index (χ2v) is 6.61. The molecule has 144 valence electrons. The summed E-state index contributed by atoms with van der Waals surface area (Å²) in [5.74, 6) is -1.05. The SMILES string of the molecule is O=C(CCCNC(=O)c1ccc(Cl)cc1)Nc1cc(-n2cccc2)ccc1F. The zero-order chi connectivity index (χ0) is 19.9. The van der Waals surface area contributed by atoms with E-state index in [-0.39, 0.29) is 23.9 Å². The first-order chi connectivity index (χ1) is 13.5. The van der Waals surface area contributed by atoms with Gasteiger partial charge in [-0.1, -0.05) is 11.6 Å². The molecule has 0 unspecified atom stereocenters. The van der Waals surface area contributed by atoms with Crippen molar-refractivity contribution in [1.29, 1.82) is 0 Å². The third kappa shape index (κ3) is 5.20. The Morgan fingerprint density at radius 3 is 2.46 bits per heavy atom. The molecule has 0 aliphatic heterocycles. The summed E-state index contributed by atoms with van der Waals surface area (Å²) in [5, 5.41) is 5.88. The molecule has 28 heavy (non-hydrogen) atoms. The molecule has 2 aromatic carbocycles. The lowest BCUT2D eigenvalue weighted by Gasteiger charge is -2.10. The first-order valence-corrected chi connectivity index (χ1v) is 9.17. The molecule has 0 aliphatic carbocycles. The third-order valence-electron chi connectivity index (χ3n) is 4.10. The van der Waals surface area contributed by atoms with Crippen LogP contribution in [0.2, 0.25) is 5.02 Å². The Balaban J connectivity index is 1.47. The van der Waals surface area contributed by atoms with Crippen molar-refractivity contribution < 1.29 is 14.0 Å². The molecule has 0 bridgehead atoms. The number of rotatable bonds is 7.